The van der Waals surface area contributed by atoms with Crippen LogP contribution in [0, 0.1) is 13.8 Å². The molecule has 0 fully saturated rings. The molecule has 1 aromatic heterocycles. The van der Waals surface area contributed by atoms with Gasteiger partial charge in [-0.3, -0.25) is 4.79 Å². The second kappa shape index (κ2) is 8.14. The van der Waals surface area contributed by atoms with E-state index >= 15 is 0 Å². The molecule has 1 aliphatic carbocycles. The predicted molar refractivity (Wildman–Crippen MR) is 111 cm³/mol. The van der Waals surface area contributed by atoms with E-state index in [-0.39, 0.29) is 24.6 Å². The number of hydrogen-bond donors (Lipinski definition) is 0. The largest absolute Gasteiger partial charge is 0.482 e. The maximum atomic E-state index is 12.3. The van der Waals surface area contributed by atoms with Gasteiger partial charge in [0, 0.05) is 22.6 Å². The van der Waals surface area contributed by atoms with Gasteiger partial charge in [-0.1, -0.05) is 17.7 Å². The molecule has 4 rings (SSSR count). The van der Waals surface area contributed by atoms with E-state index in [0.29, 0.717) is 16.9 Å². The number of fused-ring (bicyclic) bond motifs is 3. The van der Waals surface area contributed by atoms with E-state index < -0.39 is 5.97 Å². The summed E-state index contributed by atoms with van der Waals surface area (Å²) < 4.78 is 15.9. The van der Waals surface area contributed by atoms with Gasteiger partial charge in [0.25, 0.3) is 0 Å². The summed E-state index contributed by atoms with van der Waals surface area (Å²) >= 11 is 0. The SMILES string of the molecule is Cc1ccc(C)c(C(=O)COC(=O)COc2ccc3c4c(c(=O)oc3c2)CCC4)c1. The quantitative estimate of drug-likeness (QED) is 0.353. The molecule has 0 saturated carbocycles. The highest BCUT2D eigenvalue weighted by molar-refractivity contribution is 5.99. The summed E-state index contributed by atoms with van der Waals surface area (Å²) in [5.74, 6) is -0.517. The van der Waals surface area contributed by atoms with Crippen molar-refractivity contribution in [2.45, 2.75) is 33.1 Å². The Hall–Kier alpha value is -3.41. The first-order valence-corrected chi connectivity index (χ1v) is 9.90. The Morgan fingerprint density at radius 1 is 1.00 bits per heavy atom. The summed E-state index contributed by atoms with van der Waals surface area (Å²) in [5, 5.41) is 0.899. The maximum absolute atomic E-state index is 12.3. The Kier molecular flexibility index (Phi) is 5.40. The molecule has 6 nitrogen and oxygen atoms in total. The molecule has 0 N–H and O–H groups in total. The zero-order valence-electron chi connectivity index (χ0n) is 16.9. The Balaban J connectivity index is 1.37. The van der Waals surface area contributed by atoms with Crippen molar-refractivity contribution in [3.05, 3.63) is 74.6 Å². The second-order valence-electron chi connectivity index (χ2n) is 7.55. The molecular formula is C24H22O6. The van der Waals surface area contributed by atoms with Crippen molar-refractivity contribution in [1.82, 2.24) is 0 Å². The third-order valence-electron chi connectivity index (χ3n) is 5.36. The van der Waals surface area contributed by atoms with Gasteiger partial charge in [-0.15, -0.1) is 0 Å². The number of rotatable bonds is 6. The number of Topliss-reactive ketones (excluding diaryl/α,β-unsaturated/α-hetero) is 1. The van der Waals surface area contributed by atoms with E-state index in [9.17, 15) is 14.4 Å². The van der Waals surface area contributed by atoms with Crippen molar-refractivity contribution in [2.24, 2.45) is 0 Å². The average molecular weight is 406 g/mol. The molecule has 0 bridgehead atoms. The van der Waals surface area contributed by atoms with Crippen molar-refractivity contribution in [3.63, 3.8) is 0 Å². The van der Waals surface area contributed by atoms with E-state index in [1.165, 1.54) is 0 Å². The van der Waals surface area contributed by atoms with Crippen LogP contribution >= 0.6 is 0 Å². The van der Waals surface area contributed by atoms with Crippen LogP contribution in [0.4, 0.5) is 0 Å². The zero-order chi connectivity index (χ0) is 21.3. The monoisotopic (exact) mass is 406 g/mol. The predicted octanol–water partition coefficient (Wildman–Crippen LogP) is 3.70. The van der Waals surface area contributed by atoms with Gasteiger partial charge in [0.05, 0.1) is 0 Å². The first-order chi connectivity index (χ1) is 14.4. The van der Waals surface area contributed by atoms with Gasteiger partial charge >= 0.3 is 11.6 Å². The smallest absolute Gasteiger partial charge is 0.344 e. The lowest BCUT2D eigenvalue weighted by Crippen LogP contribution is -2.20. The van der Waals surface area contributed by atoms with E-state index in [2.05, 4.69) is 0 Å². The fourth-order valence-electron chi connectivity index (χ4n) is 3.80. The van der Waals surface area contributed by atoms with Crippen LogP contribution in [0.3, 0.4) is 0 Å². The minimum absolute atomic E-state index is 0.258. The van der Waals surface area contributed by atoms with E-state index in [0.717, 1.165) is 46.9 Å². The van der Waals surface area contributed by atoms with Crippen molar-refractivity contribution in [2.75, 3.05) is 13.2 Å². The number of aryl methyl sites for hydroxylation is 3. The number of benzene rings is 2. The number of carbonyl (C=O) groups excluding carboxylic acids is 2. The minimum Gasteiger partial charge on any atom is -0.482 e. The van der Waals surface area contributed by atoms with Crippen LogP contribution in [0.5, 0.6) is 5.75 Å². The van der Waals surface area contributed by atoms with Gasteiger partial charge < -0.3 is 13.9 Å². The topological polar surface area (TPSA) is 82.8 Å². The molecule has 2 aromatic carbocycles. The molecule has 1 heterocycles. The van der Waals surface area contributed by atoms with Crippen molar-refractivity contribution >= 4 is 22.7 Å². The summed E-state index contributed by atoms with van der Waals surface area (Å²) in [6.45, 7) is 3.05. The third-order valence-corrected chi connectivity index (χ3v) is 5.36. The normalized spacial score (nSPS) is 12.6. The van der Waals surface area contributed by atoms with Crippen LogP contribution in [-0.4, -0.2) is 25.0 Å². The van der Waals surface area contributed by atoms with E-state index in [1.807, 2.05) is 32.0 Å². The molecule has 0 aliphatic heterocycles. The molecule has 30 heavy (non-hydrogen) atoms. The molecule has 1 aliphatic rings. The fourth-order valence-corrected chi connectivity index (χ4v) is 3.80. The molecule has 0 spiro atoms. The summed E-state index contributed by atoms with van der Waals surface area (Å²) in [7, 11) is 0. The molecule has 154 valence electrons. The van der Waals surface area contributed by atoms with Crippen LogP contribution in [0.15, 0.2) is 45.6 Å². The summed E-state index contributed by atoms with van der Waals surface area (Å²) in [6, 6.07) is 10.7. The standard InChI is InChI=1S/C24H22O6/c1-14-6-7-15(2)20(10-14)21(25)12-29-23(26)13-28-16-8-9-18-17-4-3-5-19(17)24(27)30-22(18)11-16/h6-11H,3-5,12-13H2,1-2H3. The van der Waals surface area contributed by atoms with Crippen LogP contribution in [0.1, 0.15) is 39.0 Å². The van der Waals surface area contributed by atoms with Gasteiger partial charge in [-0.2, -0.15) is 0 Å². The van der Waals surface area contributed by atoms with Crippen LogP contribution in [-0.2, 0) is 22.4 Å². The van der Waals surface area contributed by atoms with Gasteiger partial charge in [-0.05, 0) is 62.4 Å². The summed E-state index contributed by atoms with van der Waals surface area (Å²) in [4.78, 5) is 36.4. The highest BCUT2D eigenvalue weighted by Crippen LogP contribution is 2.29. The Morgan fingerprint density at radius 2 is 1.80 bits per heavy atom. The molecule has 6 heteroatoms. The maximum Gasteiger partial charge on any atom is 0.344 e. The molecule has 0 amide bonds. The Labute approximate surface area is 173 Å². The van der Waals surface area contributed by atoms with Crippen molar-refractivity contribution in [1.29, 1.82) is 0 Å². The summed E-state index contributed by atoms with van der Waals surface area (Å²) in [6.07, 6.45) is 2.56. The van der Waals surface area contributed by atoms with E-state index in [1.54, 1.807) is 18.2 Å². The number of hydrogen-bond acceptors (Lipinski definition) is 6. The summed E-state index contributed by atoms with van der Waals surface area (Å²) in [5.41, 5.74) is 4.27. The van der Waals surface area contributed by atoms with E-state index in [4.69, 9.17) is 13.9 Å². The third kappa shape index (κ3) is 3.99. The molecular weight excluding hydrogens is 384 g/mol. The number of ether oxygens (including phenoxy) is 2. The Bertz CT molecular complexity index is 1200. The second-order valence-corrected chi connectivity index (χ2v) is 7.55. The van der Waals surface area contributed by atoms with Gasteiger partial charge in [0.15, 0.2) is 13.2 Å². The van der Waals surface area contributed by atoms with Crippen LogP contribution in [0.2, 0.25) is 0 Å². The molecule has 0 saturated heterocycles. The van der Waals surface area contributed by atoms with Crippen molar-refractivity contribution < 1.29 is 23.5 Å². The van der Waals surface area contributed by atoms with Gasteiger partial charge in [-0.25, -0.2) is 9.59 Å². The molecule has 0 atom stereocenters. The average Bonchev–Trinajstić information content (AvgIpc) is 3.23. The highest BCUT2D eigenvalue weighted by Gasteiger charge is 2.20. The Morgan fingerprint density at radius 3 is 2.63 bits per heavy atom. The molecule has 3 aromatic rings. The first kappa shape index (κ1) is 19.9. The number of ketones is 1. The lowest BCUT2D eigenvalue weighted by molar-refractivity contribution is -0.144. The van der Waals surface area contributed by atoms with Gasteiger partial charge in [0.2, 0.25) is 5.78 Å². The zero-order valence-corrected chi connectivity index (χ0v) is 16.9. The first-order valence-electron chi connectivity index (χ1n) is 9.90. The molecule has 0 unspecified atom stereocenters. The lowest BCUT2D eigenvalue weighted by atomic mass is 10.0. The number of esters is 1. The van der Waals surface area contributed by atoms with Crippen LogP contribution < -0.4 is 10.4 Å². The van der Waals surface area contributed by atoms with Gasteiger partial charge in [0.1, 0.15) is 11.3 Å². The minimum atomic E-state index is -0.649. The lowest BCUT2D eigenvalue weighted by Gasteiger charge is -2.09. The number of carbonyl (C=O) groups is 2. The fraction of sp³-hybridized carbons (Fsp3) is 0.292. The van der Waals surface area contributed by atoms with Crippen molar-refractivity contribution in [3.8, 4) is 5.75 Å². The van der Waals surface area contributed by atoms with Crippen LogP contribution in [0.25, 0.3) is 11.0 Å². The molecule has 0 radical (unpaired) electrons. The highest BCUT2D eigenvalue weighted by atomic mass is 16.6.